The Hall–Kier alpha value is -3.75. The minimum Gasteiger partial charge on any atom is -0.481 e. The van der Waals surface area contributed by atoms with Gasteiger partial charge in [0.1, 0.15) is 17.3 Å². The van der Waals surface area contributed by atoms with E-state index in [1.165, 1.54) is 35.2 Å². The predicted octanol–water partition coefficient (Wildman–Crippen LogP) is 2.95. The molecule has 0 aliphatic carbocycles. The molecule has 0 spiro atoms. The third-order valence-corrected chi connectivity index (χ3v) is 5.63. The van der Waals surface area contributed by atoms with Crippen LogP contribution >= 0.6 is 0 Å². The van der Waals surface area contributed by atoms with Crippen molar-refractivity contribution < 1.29 is 27.6 Å². The van der Waals surface area contributed by atoms with E-state index in [0.717, 1.165) is 0 Å². The molecular weight excluding hydrogens is 420 g/mol. The van der Waals surface area contributed by atoms with Crippen LogP contribution in [0.4, 0.5) is 8.78 Å². The van der Waals surface area contributed by atoms with Gasteiger partial charge in [-0.1, -0.05) is 17.3 Å². The van der Waals surface area contributed by atoms with Crippen LogP contribution in [0.2, 0.25) is 0 Å². The molecule has 1 aliphatic rings. The zero-order valence-corrected chi connectivity index (χ0v) is 17.1. The first kappa shape index (κ1) is 21.5. The Kier molecular flexibility index (Phi) is 5.89. The van der Waals surface area contributed by atoms with Crippen LogP contribution in [0.25, 0.3) is 11.3 Å². The first-order valence-corrected chi connectivity index (χ1v) is 10.0. The Balaban J connectivity index is 1.42. The largest absolute Gasteiger partial charge is 0.481 e. The van der Waals surface area contributed by atoms with Crippen molar-refractivity contribution in [3.63, 3.8) is 0 Å². The summed E-state index contributed by atoms with van der Waals surface area (Å²) in [5.74, 6) is -1.44. The normalized spacial score (nSPS) is 18.0. The molecule has 2 amide bonds. The van der Waals surface area contributed by atoms with Crippen LogP contribution in [-0.2, 0) is 16.0 Å². The molecule has 2 N–H and O–H groups in total. The molecule has 3 aromatic rings. The molecule has 4 rings (SSSR count). The van der Waals surface area contributed by atoms with E-state index in [-0.39, 0.29) is 37.0 Å². The van der Waals surface area contributed by atoms with Gasteiger partial charge in [0.25, 0.3) is 5.91 Å². The number of primary amides is 1. The van der Waals surface area contributed by atoms with Crippen molar-refractivity contribution in [1.29, 1.82) is 0 Å². The molecule has 1 saturated heterocycles. The number of nitrogens with zero attached hydrogens (tertiary/aromatic N) is 2. The Morgan fingerprint density at radius 1 is 1.16 bits per heavy atom. The number of ether oxygens (including phenoxy) is 1. The van der Waals surface area contributed by atoms with E-state index in [1.54, 1.807) is 24.3 Å². The number of rotatable bonds is 7. The number of carbonyl (C=O) groups is 2. The predicted molar refractivity (Wildman–Crippen MR) is 110 cm³/mol. The van der Waals surface area contributed by atoms with E-state index in [1.807, 2.05) is 0 Å². The fourth-order valence-electron chi connectivity index (χ4n) is 3.80. The topological polar surface area (TPSA) is 98.7 Å². The number of halogens is 2. The third-order valence-electron chi connectivity index (χ3n) is 5.63. The molecule has 1 atom stereocenters. The molecule has 166 valence electrons. The number of carbonyl (C=O) groups excluding carboxylic acids is 2. The van der Waals surface area contributed by atoms with Crippen molar-refractivity contribution in [3.8, 4) is 17.0 Å². The van der Waals surface area contributed by atoms with E-state index in [0.29, 0.717) is 30.0 Å². The summed E-state index contributed by atoms with van der Waals surface area (Å²) in [6.45, 7) is 0.0442. The van der Waals surface area contributed by atoms with Gasteiger partial charge in [-0.3, -0.25) is 9.59 Å². The quantitative estimate of drug-likeness (QED) is 0.608. The van der Waals surface area contributed by atoms with Crippen LogP contribution in [0.5, 0.6) is 5.75 Å². The molecule has 1 fully saturated rings. The van der Waals surface area contributed by atoms with E-state index >= 15 is 0 Å². The van der Waals surface area contributed by atoms with Crippen molar-refractivity contribution >= 4 is 11.8 Å². The van der Waals surface area contributed by atoms with Crippen LogP contribution in [-0.4, -0.2) is 41.6 Å². The summed E-state index contributed by atoms with van der Waals surface area (Å²) >= 11 is 0. The molecule has 7 nitrogen and oxygen atoms in total. The zero-order valence-electron chi connectivity index (χ0n) is 17.1. The fourth-order valence-corrected chi connectivity index (χ4v) is 3.80. The van der Waals surface area contributed by atoms with Gasteiger partial charge in [0, 0.05) is 31.1 Å². The second-order valence-corrected chi connectivity index (χ2v) is 7.79. The highest BCUT2D eigenvalue weighted by molar-refractivity contribution is 5.84. The van der Waals surface area contributed by atoms with Crippen molar-refractivity contribution in [2.75, 3.05) is 19.7 Å². The monoisotopic (exact) mass is 441 g/mol. The lowest BCUT2D eigenvalue weighted by Crippen LogP contribution is -2.43. The van der Waals surface area contributed by atoms with Crippen molar-refractivity contribution in [1.82, 2.24) is 10.1 Å². The van der Waals surface area contributed by atoms with Crippen molar-refractivity contribution in [3.05, 3.63) is 72.0 Å². The number of aromatic nitrogens is 1. The first-order valence-electron chi connectivity index (χ1n) is 10.0. The van der Waals surface area contributed by atoms with Crippen molar-refractivity contribution in [2.24, 2.45) is 11.1 Å². The van der Waals surface area contributed by atoms with Gasteiger partial charge in [0.05, 0.1) is 5.41 Å². The maximum Gasteiger partial charge on any atom is 0.260 e. The lowest BCUT2D eigenvalue weighted by molar-refractivity contribution is -0.133. The van der Waals surface area contributed by atoms with E-state index in [2.05, 4.69) is 5.16 Å². The summed E-state index contributed by atoms with van der Waals surface area (Å²) in [5, 5.41) is 3.99. The van der Waals surface area contributed by atoms with Gasteiger partial charge >= 0.3 is 0 Å². The maximum atomic E-state index is 13.7. The summed E-state index contributed by atoms with van der Waals surface area (Å²) in [4.78, 5) is 26.4. The summed E-state index contributed by atoms with van der Waals surface area (Å²) in [7, 11) is 0. The highest BCUT2D eigenvalue weighted by Gasteiger charge is 2.45. The molecule has 1 unspecified atom stereocenters. The van der Waals surface area contributed by atoms with E-state index in [9.17, 15) is 18.4 Å². The zero-order chi connectivity index (χ0) is 22.7. The Bertz CT molecular complexity index is 1130. The molecule has 9 heteroatoms. The van der Waals surface area contributed by atoms with E-state index < -0.39 is 17.1 Å². The first-order chi connectivity index (χ1) is 15.4. The van der Waals surface area contributed by atoms with Crippen LogP contribution < -0.4 is 10.5 Å². The lowest BCUT2D eigenvalue weighted by Gasteiger charge is -2.24. The van der Waals surface area contributed by atoms with Gasteiger partial charge in [0.2, 0.25) is 5.91 Å². The number of benzene rings is 2. The second kappa shape index (κ2) is 8.78. The Labute approximate surface area is 182 Å². The number of nitrogens with two attached hydrogens (primary N) is 1. The molecule has 1 aromatic heterocycles. The minimum atomic E-state index is -1.02. The number of likely N-dealkylation sites (tertiary alicyclic amines) is 1. The lowest BCUT2D eigenvalue weighted by atomic mass is 9.82. The molecule has 0 saturated carbocycles. The highest BCUT2D eigenvalue weighted by atomic mass is 19.1. The highest BCUT2D eigenvalue weighted by Crippen LogP contribution is 2.35. The minimum absolute atomic E-state index is 0.0174. The Morgan fingerprint density at radius 2 is 1.91 bits per heavy atom. The SMILES string of the molecule is NC(=O)C1(Cc2cc(-c3ccc(F)cc3)no2)CCN(C(=O)COc2ccccc2F)C1. The molecule has 1 aliphatic heterocycles. The Morgan fingerprint density at radius 3 is 2.62 bits per heavy atom. The number of para-hydroxylation sites is 1. The summed E-state index contributed by atoms with van der Waals surface area (Å²) in [5.41, 5.74) is 5.85. The maximum absolute atomic E-state index is 13.7. The van der Waals surface area contributed by atoms with Crippen molar-refractivity contribution in [2.45, 2.75) is 12.8 Å². The number of hydrogen-bond acceptors (Lipinski definition) is 5. The average molecular weight is 441 g/mol. The molecule has 0 bridgehead atoms. The number of amides is 2. The van der Waals surface area contributed by atoms with Gasteiger partial charge < -0.3 is 19.9 Å². The van der Waals surface area contributed by atoms with E-state index in [4.69, 9.17) is 15.0 Å². The van der Waals surface area contributed by atoms with Gasteiger partial charge in [-0.15, -0.1) is 0 Å². The summed E-state index contributed by atoms with van der Waals surface area (Å²) in [6.07, 6.45) is 0.509. The smallest absolute Gasteiger partial charge is 0.260 e. The fraction of sp³-hybridized carbons (Fsp3) is 0.261. The van der Waals surface area contributed by atoms with Gasteiger partial charge in [0.15, 0.2) is 18.2 Å². The molecule has 0 radical (unpaired) electrons. The van der Waals surface area contributed by atoms with Gasteiger partial charge in [-0.2, -0.15) is 0 Å². The average Bonchev–Trinajstić information content (AvgIpc) is 3.42. The van der Waals surface area contributed by atoms with Gasteiger partial charge in [-0.05, 0) is 42.8 Å². The van der Waals surface area contributed by atoms with Gasteiger partial charge in [-0.25, -0.2) is 8.78 Å². The van der Waals surface area contributed by atoms with Crippen LogP contribution in [0.3, 0.4) is 0 Å². The second-order valence-electron chi connectivity index (χ2n) is 7.79. The van der Waals surface area contributed by atoms with Crippen LogP contribution in [0.15, 0.2) is 59.1 Å². The third kappa shape index (κ3) is 4.46. The molecule has 2 heterocycles. The van der Waals surface area contributed by atoms with Crippen LogP contribution in [0.1, 0.15) is 12.2 Å². The molecule has 2 aromatic carbocycles. The standard InChI is InChI=1S/C23H21F2N3O4/c24-16-7-5-15(6-8-16)19-11-17(32-27-19)12-23(22(26)30)9-10-28(14-23)21(29)13-31-20-4-2-1-3-18(20)25/h1-8,11H,9-10,12-14H2,(H2,26,30). The summed E-state index contributed by atoms with van der Waals surface area (Å²) in [6, 6.07) is 13.3. The molecular formula is C23H21F2N3O4. The summed E-state index contributed by atoms with van der Waals surface area (Å²) < 4.78 is 37.5. The number of hydrogen-bond donors (Lipinski definition) is 1. The molecule has 32 heavy (non-hydrogen) atoms. The van der Waals surface area contributed by atoms with Crippen LogP contribution in [0, 0.1) is 17.0 Å².